The van der Waals surface area contributed by atoms with Crippen LogP contribution in [0.25, 0.3) is 11.8 Å². The topological polar surface area (TPSA) is 56.0 Å². The monoisotopic (exact) mass is 347 g/mol. The molecule has 26 heavy (non-hydrogen) atoms. The van der Waals surface area contributed by atoms with Gasteiger partial charge in [-0.25, -0.2) is 4.68 Å². The van der Waals surface area contributed by atoms with Crippen LogP contribution in [0.1, 0.15) is 16.8 Å². The van der Waals surface area contributed by atoms with E-state index in [0.29, 0.717) is 5.69 Å². The van der Waals surface area contributed by atoms with Crippen LogP contribution in [-0.4, -0.2) is 15.3 Å². The van der Waals surface area contributed by atoms with E-state index in [1.165, 1.54) is 10.8 Å². The van der Waals surface area contributed by atoms with Crippen molar-refractivity contribution in [3.8, 4) is 5.69 Å². The fraction of sp³-hybridized carbons (Fsp3) is 0.143. The van der Waals surface area contributed by atoms with Crippen LogP contribution < -0.4 is 10.9 Å². The van der Waals surface area contributed by atoms with Crippen molar-refractivity contribution >= 4 is 17.7 Å². The van der Waals surface area contributed by atoms with Gasteiger partial charge in [-0.3, -0.25) is 14.3 Å². The molecule has 1 amide bonds. The van der Waals surface area contributed by atoms with E-state index in [0.717, 1.165) is 16.8 Å². The Morgan fingerprint density at radius 2 is 1.65 bits per heavy atom. The van der Waals surface area contributed by atoms with Gasteiger partial charge in [0, 0.05) is 13.1 Å². The zero-order valence-electron chi connectivity index (χ0n) is 15.1. The summed E-state index contributed by atoms with van der Waals surface area (Å²) in [5.74, 6) is -0.336. The number of nitrogens with zero attached hydrogens (tertiary/aromatic N) is 2. The minimum absolute atomic E-state index is 0.256. The number of aromatic nitrogens is 2. The average Bonchev–Trinajstić information content (AvgIpc) is 2.85. The van der Waals surface area contributed by atoms with Crippen molar-refractivity contribution in [3.63, 3.8) is 0 Å². The zero-order chi connectivity index (χ0) is 18.7. The number of carbonyl (C=O) groups excluding carboxylic acids is 1. The van der Waals surface area contributed by atoms with Gasteiger partial charge in [-0.2, -0.15) is 0 Å². The van der Waals surface area contributed by atoms with Crippen molar-refractivity contribution in [1.29, 1.82) is 0 Å². The Morgan fingerprint density at radius 1 is 1.00 bits per heavy atom. The Bertz CT molecular complexity index is 1010. The second-order valence-electron chi connectivity index (χ2n) is 6.17. The molecule has 0 aliphatic heterocycles. The van der Waals surface area contributed by atoms with Crippen molar-refractivity contribution in [2.45, 2.75) is 13.8 Å². The van der Waals surface area contributed by atoms with Gasteiger partial charge in [-0.15, -0.1) is 0 Å². The summed E-state index contributed by atoms with van der Waals surface area (Å²) in [7, 11) is 1.79. The lowest BCUT2D eigenvalue weighted by Gasteiger charge is -2.07. The summed E-state index contributed by atoms with van der Waals surface area (Å²) in [6.45, 7) is 3.82. The highest BCUT2D eigenvalue weighted by molar-refractivity contribution is 6.02. The van der Waals surface area contributed by atoms with Crippen molar-refractivity contribution in [1.82, 2.24) is 9.36 Å². The number of hydrogen-bond donors (Lipinski definition) is 1. The maximum Gasteiger partial charge on any atom is 0.295 e. The third-order valence-corrected chi connectivity index (χ3v) is 4.31. The Balaban J connectivity index is 1.85. The largest absolute Gasteiger partial charge is 0.316 e. The Morgan fingerprint density at radius 3 is 2.31 bits per heavy atom. The van der Waals surface area contributed by atoms with Crippen LogP contribution in [0.4, 0.5) is 5.69 Å². The first-order valence-corrected chi connectivity index (χ1v) is 8.37. The fourth-order valence-corrected chi connectivity index (χ4v) is 2.73. The predicted molar refractivity (Wildman–Crippen MR) is 105 cm³/mol. The summed E-state index contributed by atoms with van der Waals surface area (Å²) in [6, 6.07) is 17.2. The minimum atomic E-state index is -0.336. The molecule has 0 bridgehead atoms. The molecule has 0 fully saturated rings. The lowest BCUT2D eigenvalue weighted by Crippen LogP contribution is -2.22. The number of anilines is 1. The molecule has 2 aromatic carbocycles. The Hall–Kier alpha value is -3.34. The molecule has 0 atom stereocenters. The van der Waals surface area contributed by atoms with Crippen LogP contribution in [0.5, 0.6) is 0 Å². The highest BCUT2D eigenvalue weighted by Crippen LogP contribution is 2.14. The molecule has 132 valence electrons. The summed E-state index contributed by atoms with van der Waals surface area (Å²) in [6.07, 6.45) is 3.16. The Kier molecular flexibility index (Phi) is 4.89. The summed E-state index contributed by atoms with van der Waals surface area (Å²) in [5.41, 5.74) is 3.56. The molecular formula is C21H21N3O2. The molecule has 5 heteroatoms. The summed E-state index contributed by atoms with van der Waals surface area (Å²) in [5, 5.41) is 2.71. The highest BCUT2D eigenvalue weighted by atomic mass is 16.2. The van der Waals surface area contributed by atoms with Gasteiger partial charge < -0.3 is 5.32 Å². The van der Waals surface area contributed by atoms with E-state index in [1.807, 2.05) is 61.5 Å². The van der Waals surface area contributed by atoms with Crippen molar-refractivity contribution in [2.24, 2.45) is 7.05 Å². The third-order valence-electron chi connectivity index (χ3n) is 4.31. The van der Waals surface area contributed by atoms with E-state index in [4.69, 9.17) is 0 Å². The summed E-state index contributed by atoms with van der Waals surface area (Å²) in [4.78, 5) is 25.0. The van der Waals surface area contributed by atoms with Crippen LogP contribution in [0, 0.1) is 13.8 Å². The number of para-hydroxylation sites is 1. The normalized spacial score (nSPS) is 11.0. The maximum absolute atomic E-state index is 12.8. The van der Waals surface area contributed by atoms with E-state index in [9.17, 15) is 9.59 Å². The van der Waals surface area contributed by atoms with Crippen LogP contribution >= 0.6 is 0 Å². The predicted octanol–water partition coefficient (Wildman–Crippen LogP) is 3.44. The van der Waals surface area contributed by atoms with Gasteiger partial charge in [0.1, 0.15) is 5.69 Å². The van der Waals surface area contributed by atoms with Crippen molar-refractivity contribution in [3.05, 3.63) is 87.8 Å². The first kappa shape index (κ1) is 17.5. The number of hydrogen-bond acceptors (Lipinski definition) is 2. The molecule has 0 spiro atoms. The third kappa shape index (κ3) is 3.52. The lowest BCUT2D eigenvalue weighted by molar-refractivity contribution is -0.111. The molecule has 0 unspecified atom stereocenters. The number of rotatable bonds is 4. The molecule has 0 aliphatic rings. The molecule has 1 aromatic heterocycles. The highest BCUT2D eigenvalue weighted by Gasteiger charge is 2.17. The van der Waals surface area contributed by atoms with Gasteiger partial charge in [0.25, 0.3) is 5.56 Å². The zero-order valence-corrected chi connectivity index (χ0v) is 15.1. The number of aryl methyl sites for hydroxylation is 1. The first-order chi connectivity index (χ1) is 12.5. The second kappa shape index (κ2) is 7.27. The van der Waals surface area contributed by atoms with E-state index in [1.54, 1.807) is 24.7 Å². The summed E-state index contributed by atoms with van der Waals surface area (Å²) < 4.78 is 3.27. The van der Waals surface area contributed by atoms with Gasteiger partial charge >= 0.3 is 0 Å². The molecule has 0 saturated heterocycles. The summed E-state index contributed by atoms with van der Waals surface area (Å²) >= 11 is 0. The van der Waals surface area contributed by atoms with Gasteiger partial charge in [0.2, 0.25) is 5.91 Å². The second-order valence-corrected chi connectivity index (χ2v) is 6.17. The smallest absolute Gasteiger partial charge is 0.295 e. The van der Waals surface area contributed by atoms with Crippen molar-refractivity contribution < 1.29 is 4.79 Å². The molecule has 3 rings (SSSR count). The lowest BCUT2D eigenvalue weighted by atomic mass is 10.1. The molecule has 0 radical (unpaired) electrons. The van der Waals surface area contributed by atoms with Gasteiger partial charge in [0.15, 0.2) is 0 Å². The molecule has 1 N–H and O–H groups in total. The van der Waals surface area contributed by atoms with E-state index >= 15 is 0 Å². The standard InChI is InChI=1S/C21H21N3O2/c1-15-9-11-17(12-10-15)13-14-19(25)22-20-16(2)23(3)24(21(20)26)18-7-5-4-6-8-18/h4-14H,1-3H3,(H,22,25). The Labute approximate surface area is 152 Å². The molecule has 0 aliphatic carbocycles. The van der Waals surface area contributed by atoms with E-state index in [-0.39, 0.29) is 17.2 Å². The fourth-order valence-electron chi connectivity index (χ4n) is 2.73. The molecule has 5 nitrogen and oxygen atoms in total. The first-order valence-electron chi connectivity index (χ1n) is 8.37. The van der Waals surface area contributed by atoms with Crippen LogP contribution in [-0.2, 0) is 11.8 Å². The number of nitrogens with one attached hydrogen (secondary N) is 1. The molecule has 3 aromatic rings. The maximum atomic E-state index is 12.8. The van der Waals surface area contributed by atoms with Gasteiger partial charge in [-0.1, -0.05) is 48.0 Å². The number of amides is 1. The van der Waals surface area contributed by atoms with E-state index in [2.05, 4.69) is 5.32 Å². The average molecular weight is 347 g/mol. The number of benzene rings is 2. The van der Waals surface area contributed by atoms with E-state index < -0.39 is 0 Å². The quantitative estimate of drug-likeness (QED) is 0.735. The van der Waals surface area contributed by atoms with Crippen LogP contribution in [0.3, 0.4) is 0 Å². The van der Waals surface area contributed by atoms with Crippen molar-refractivity contribution in [2.75, 3.05) is 5.32 Å². The van der Waals surface area contributed by atoms with Crippen LogP contribution in [0.15, 0.2) is 65.5 Å². The SMILES string of the molecule is Cc1ccc(C=CC(=O)Nc2c(C)n(C)n(-c3ccccc3)c2=O)cc1. The van der Waals surface area contributed by atoms with Gasteiger partial charge in [0.05, 0.1) is 11.4 Å². The molecule has 0 saturated carbocycles. The van der Waals surface area contributed by atoms with Gasteiger partial charge in [-0.05, 0) is 37.6 Å². The number of carbonyl (C=O) groups is 1. The molecule has 1 heterocycles. The van der Waals surface area contributed by atoms with Crippen LogP contribution in [0.2, 0.25) is 0 Å². The molecular weight excluding hydrogens is 326 g/mol. The minimum Gasteiger partial charge on any atom is -0.316 e.